The van der Waals surface area contributed by atoms with Gasteiger partial charge < -0.3 is 4.74 Å². The molecule has 0 bridgehead atoms. The Morgan fingerprint density at radius 3 is 2.42 bits per heavy atom. The molecule has 1 atom stereocenters. The first-order valence-electron chi connectivity index (χ1n) is 4.15. The molecule has 3 nitrogen and oxygen atoms in total. The van der Waals surface area contributed by atoms with Crippen molar-refractivity contribution in [1.82, 2.24) is 0 Å². The van der Waals surface area contributed by atoms with Gasteiger partial charge in [0.1, 0.15) is 0 Å². The second-order valence-electron chi connectivity index (χ2n) is 3.80. The van der Waals surface area contributed by atoms with Gasteiger partial charge in [-0.3, -0.25) is 4.99 Å². The maximum Gasteiger partial charge on any atom is 0.334 e. The average molecular weight is 169 g/mol. The minimum Gasteiger partial charge on any atom is -0.464 e. The molecular formula is C9H15NO2. The van der Waals surface area contributed by atoms with Gasteiger partial charge in [-0.25, -0.2) is 4.79 Å². The normalized spacial score (nSPS) is 30.9. The van der Waals surface area contributed by atoms with Crippen LogP contribution in [0.2, 0.25) is 0 Å². The van der Waals surface area contributed by atoms with Gasteiger partial charge in [-0.2, -0.15) is 0 Å². The van der Waals surface area contributed by atoms with E-state index in [9.17, 15) is 4.79 Å². The highest BCUT2D eigenvalue weighted by atomic mass is 16.5. The monoisotopic (exact) mass is 169 g/mol. The Balaban J connectivity index is 2.72. The smallest absolute Gasteiger partial charge is 0.334 e. The Morgan fingerprint density at radius 2 is 2.17 bits per heavy atom. The highest BCUT2D eigenvalue weighted by molar-refractivity contribution is 5.87. The Bertz CT molecular complexity index is 223. The molecule has 1 unspecified atom stereocenters. The summed E-state index contributed by atoms with van der Waals surface area (Å²) in [5.74, 6) is -0.231. The fourth-order valence-electron chi connectivity index (χ4n) is 1.53. The Morgan fingerprint density at radius 1 is 1.67 bits per heavy atom. The molecule has 68 valence electrons. The van der Waals surface area contributed by atoms with Crippen LogP contribution in [0.25, 0.3) is 0 Å². The topological polar surface area (TPSA) is 38.7 Å². The van der Waals surface area contributed by atoms with E-state index in [-0.39, 0.29) is 11.4 Å². The Labute approximate surface area is 72.8 Å². The highest BCUT2D eigenvalue weighted by Gasteiger charge is 2.67. The van der Waals surface area contributed by atoms with Gasteiger partial charge >= 0.3 is 5.97 Å². The predicted molar refractivity (Wildman–Crippen MR) is 47.3 cm³/mol. The van der Waals surface area contributed by atoms with Gasteiger partial charge in [-0.05, 0) is 20.1 Å². The first-order chi connectivity index (χ1) is 5.50. The van der Waals surface area contributed by atoms with Crippen LogP contribution >= 0.6 is 0 Å². The molecule has 1 aliphatic carbocycles. The molecule has 0 radical (unpaired) electrons. The van der Waals surface area contributed by atoms with Gasteiger partial charge in [0.05, 0.1) is 6.61 Å². The van der Waals surface area contributed by atoms with Crippen LogP contribution in [0, 0.1) is 5.41 Å². The summed E-state index contributed by atoms with van der Waals surface area (Å²) in [4.78, 5) is 15.3. The van der Waals surface area contributed by atoms with E-state index in [4.69, 9.17) is 4.74 Å². The largest absolute Gasteiger partial charge is 0.464 e. The van der Waals surface area contributed by atoms with E-state index >= 15 is 0 Å². The number of carbonyl (C=O) groups excluding carboxylic acids is 1. The summed E-state index contributed by atoms with van der Waals surface area (Å²) in [5, 5.41) is 0. The molecule has 12 heavy (non-hydrogen) atoms. The van der Waals surface area contributed by atoms with Crippen LogP contribution in [0.15, 0.2) is 4.99 Å². The molecule has 3 heteroatoms. The van der Waals surface area contributed by atoms with Crippen molar-refractivity contribution in [3.63, 3.8) is 0 Å². The van der Waals surface area contributed by atoms with E-state index in [0.29, 0.717) is 6.61 Å². The number of carbonyl (C=O) groups is 1. The van der Waals surface area contributed by atoms with Crippen molar-refractivity contribution in [2.24, 2.45) is 10.4 Å². The third-order valence-corrected chi connectivity index (χ3v) is 2.58. The molecule has 0 heterocycles. The Kier molecular flexibility index (Phi) is 1.98. The van der Waals surface area contributed by atoms with Crippen molar-refractivity contribution < 1.29 is 9.53 Å². The maximum absolute atomic E-state index is 11.4. The van der Waals surface area contributed by atoms with Crippen LogP contribution in [0.3, 0.4) is 0 Å². The van der Waals surface area contributed by atoms with E-state index in [0.717, 1.165) is 6.42 Å². The van der Waals surface area contributed by atoms with Gasteiger partial charge in [0.25, 0.3) is 0 Å². The lowest BCUT2D eigenvalue weighted by molar-refractivity contribution is -0.146. The second-order valence-corrected chi connectivity index (χ2v) is 3.80. The van der Waals surface area contributed by atoms with E-state index in [1.54, 1.807) is 6.92 Å². The Hall–Kier alpha value is -0.860. The van der Waals surface area contributed by atoms with Crippen LogP contribution < -0.4 is 0 Å². The summed E-state index contributed by atoms with van der Waals surface area (Å²) >= 11 is 0. The molecular weight excluding hydrogens is 154 g/mol. The maximum atomic E-state index is 11.4. The van der Waals surface area contributed by atoms with Crippen LogP contribution in [-0.2, 0) is 9.53 Å². The van der Waals surface area contributed by atoms with Crippen LogP contribution in [0.4, 0.5) is 0 Å². The number of rotatable bonds is 3. The molecule has 0 aromatic carbocycles. The first kappa shape index (κ1) is 9.23. The summed E-state index contributed by atoms with van der Waals surface area (Å²) in [6, 6.07) is 0. The quantitative estimate of drug-likeness (QED) is 0.473. The summed E-state index contributed by atoms with van der Waals surface area (Å²) in [6.07, 6.45) is 0.752. The molecule has 0 aromatic rings. The highest BCUT2D eigenvalue weighted by Crippen LogP contribution is 2.58. The number of hydrogen-bond donors (Lipinski definition) is 0. The molecule has 0 saturated heterocycles. The minimum absolute atomic E-state index is 0.0684. The van der Waals surface area contributed by atoms with Gasteiger partial charge in [-0.15, -0.1) is 0 Å². The minimum atomic E-state index is -0.650. The standard InChI is InChI=1S/C9H15NO2/c1-5-12-7(11)9(10-4)6-8(9,2)3/h4-6H2,1-3H3. The number of ether oxygens (including phenoxy) is 1. The number of aliphatic imine (C=N–C) groups is 1. The number of hydrogen-bond acceptors (Lipinski definition) is 3. The predicted octanol–water partition coefficient (Wildman–Crippen LogP) is 1.42. The van der Waals surface area contributed by atoms with Crippen LogP contribution in [0.5, 0.6) is 0 Å². The zero-order chi connectivity index (χ0) is 9.41. The third-order valence-electron chi connectivity index (χ3n) is 2.58. The van der Waals surface area contributed by atoms with Gasteiger partial charge in [-0.1, -0.05) is 13.8 Å². The van der Waals surface area contributed by atoms with Crippen molar-refractivity contribution in [1.29, 1.82) is 0 Å². The molecule has 1 fully saturated rings. The fraction of sp³-hybridized carbons (Fsp3) is 0.778. The van der Waals surface area contributed by atoms with Gasteiger partial charge in [0.15, 0.2) is 5.54 Å². The molecule has 0 amide bonds. The first-order valence-corrected chi connectivity index (χ1v) is 4.15. The summed E-state index contributed by atoms with van der Waals surface area (Å²) in [5.41, 5.74) is -0.718. The third kappa shape index (κ3) is 1.04. The molecule has 0 N–H and O–H groups in total. The lowest BCUT2D eigenvalue weighted by Gasteiger charge is -2.12. The summed E-state index contributed by atoms with van der Waals surface area (Å²) in [6.45, 7) is 9.64. The average Bonchev–Trinajstić information content (AvgIpc) is 2.55. The molecule has 1 aliphatic rings. The SMILES string of the molecule is C=NC1(C(=O)OCC)CC1(C)C. The lowest BCUT2D eigenvalue weighted by Crippen LogP contribution is -2.28. The number of nitrogens with zero attached hydrogens (tertiary/aromatic N) is 1. The van der Waals surface area contributed by atoms with E-state index in [2.05, 4.69) is 11.7 Å². The molecule has 0 spiro atoms. The summed E-state index contributed by atoms with van der Waals surface area (Å²) < 4.78 is 4.92. The van der Waals surface area contributed by atoms with Crippen LogP contribution in [-0.4, -0.2) is 24.8 Å². The fourth-order valence-corrected chi connectivity index (χ4v) is 1.53. The summed E-state index contributed by atoms with van der Waals surface area (Å²) in [7, 11) is 0. The molecule has 0 aromatic heterocycles. The van der Waals surface area contributed by atoms with Gasteiger partial charge in [0, 0.05) is 5.41 Å². The van der Waals surface area contributed by atoms with Gasteiger partial charge in [0.2, 0.25) is 0 Å². The molecule has 1 rings (SSSR count). The molecule has 1 saturated carbocycles. The van der Waals surface area contributed by atoms with Crippen molar-refractivity contribution in [2.45, 2.75) is 32.7 Å². The zero-order valence-electron chi connectivity index (χ0n) is 7.89. The lowest BCUT2D eigenvalue weighted by atomic mass is 10.1. The van der Waals surface area contributed by atoms with Crippen molar-refractivity contribution >= 4 is 12.7 Å². The molecule has 0 aliphatic heterocycles. The van der Waals surface area contributed by atoms with Crippen molar-refractivity contribution in [3.05, 3.63) is 0 Å². The van der Waals surface area contributed by atoms with Crippen LogP contribution in [0.1, 0.15) is 27.2 Å². The van der Waals surface area contributed by atoms with E-state index in [1.165, 1.54) is 0 Å². The second kappa shape index (κ2) is 2.57. The number of esters is 1. The van der Waals surface area contributed by atoms with E-state index in [1.807, 2.05) is 13.8 Å². The zero-order valence-corrected chi connectivity index (χ0v) is 7.89. The van der Waals surface area contributed by atoms with Crippen molar-refractivity contribution in [2.75, 3.05) is 6.61 Å². The van der Waals surface area contributed by atoms with E-state index < -0.39 is 5.54 Å². The van der Waals surface area contributed by atoms with Crippen molar-refractivity contribution in [3.8, 4) is 0 Å².